The van der Waals surface area contributed by atoms with Gasteiger partial charge in [0.05, 0.1) is 0 Å². The van der Waals surface area contributed by atoms with E-state index in [2.05, 4.69) is 47.7 Å². The normalized spacial score (nSPS) is 12.8. The van der Waals surface area contributed by atoms with E-state index in [1.165, 1.54) is 4.57 Å². The molecule has 0 atom stereocenters. The predicted molar refractivity (Wildman–Crippen MR) is 104 cm³/mol. The van der Waals surface area contributed by atoms with Gasteiger partial charge in [-0.25, -0.2) is 9.36 Å². The lowest BCUT2D eigenvalue weighted by atomic mass is 10.1. The smallest absolute Gasteiger partial charge is 0.422 e. The first-order valence-corrected chi connectivity index (χ1v) is 11.7. The van der Waals surface area contributed by atoms with Crippen molar-refractivity contribution in [2.75, 3.05) is 0 Å². The van der Waals surface area contributed by atoms with Gasteiger partial charge in [-0.15, -0.1) is 0 Å². The van der Waals surface area contributed by atoms with E-state index in [0.717, 1.165) is 6.42 Å². The Morgan fingerprint density at radius 3 is 2.40 bits per heavy atom. The maximum Gasteiger partial charge on any atom is 0.422 e. The van der Waals surface area contributed by atoms with Gasteiger partial charge < -0.3 is 8.84 Å². The molecule has 0 saturated heterocycles. The molecule has 0 fully saturated rings. The Kier molecular flexibility index (Phi) is 5.32. The van der Waals surface area contributed by atoms with Crippen molar-refractivity contribution in [1.29, 1.82) is 0 Å². The van der Waals surface area contributed by atoms with E-state index < -0.39 is 14.1 Å². The van der Waals surface area contributed by atoms with Gasteiger partial charge in [-0.1, -0.05) is 40.7 Å². The summed E-state index contributed by atoms with van der Waals surface area (Å²) in [6.07, 6.45) is 0.738. The van der Waals surface area contributed by atoms with Crippen LogP contribution >= 0.6 is 0 Å². The minimum Gasteiger partial charge on any atom is -0.543 e. The quantitative estimate of drug-likeness (QED) is 0.739. The molecule has 0 unspecified atom stereocenters. The SMILES string of the molecule is CC(C)CCn1c(=O)oc2cccc(O[Si](C)(C)C(C)(C)C)c2c1=O. The number of aromatic nitrogens is 1. The standard InChI is InChI=1S/C19H29NO4Si/c1-13(2)11-12-20-17(21)16-14(23-18(20)22)9-8-10-15(16)24-25(6,7)19(3,4)5/h8-10,13H,11-12H2,1-7H3. The third-order valence-corrected chi connectivity index (χ3v) is 9.31. The average molecular weight is 364 g/mol. The van der Waals surface area contributed by atoms with Crippen LogP contribution in [0.4, 0.5) is 0 Å². The highest BCUT2D eigenvalue weighted by Crippen LogP contribution is 2.38. The van der Waals surface area contributed by atoms with Crippen LogP contribution in [0.25, 0.3) is 11.0 Å². The van der Waals surface area contributed by atoms with Gasteiger partial charge in [0.1, 0.15) is 16.7 Å². The second-order valence-electron chi connectivity index (χ2n) is 8.50. The first-order valence-electron chi connectivity index (χ1n) is 8.80. The van der Waals surface area contributed by atoms with Crippen molar-refractivity contribution >= 4 is 19.3 Å². The average Bonchev–Trinajstić information content (AvgIpc) is 2.44. The van der Waals surface area contributed by atoms with Crippen LogP contribution in [0, 0.1) is 5.92 Å². The molecule has 0 saturated carbocycles. The van der Waals surface area contributed by atoms with Crippen LogP contribution in [-0.4, -0.2) is 12.9 Å². The summed E-state index contributed by atoms with van der Waals surface area (Å²) >= 11 is 0. The maximum absolute atomic E-state index is 13.0. The summed E-state index contributed by atoms with van der Waals surface area (Å²) in [7, 11) is -2.12. The number of hydrogen-bond acceptors (Lipinski definition) is 4. The molecular weight excluding hydrogens is 334 g/mol. The Morgan fingerprint density at radius 2 is 1.84 bits per heavy atom. The van der Waals surface area contributed by atoms with Crippen LogP contribution in [0.1, 0.15) is 41.0 Å². The zero-order valence-electron chi connectivity index (χ0n) is 16.3. The molecule has 5 nitrogen and oxygen atoms in total. The molecule has 0 bridgehead atoms. The number of hydrogen-bond donors (Lipinski definition) is 0. The maximum atomic E-state index is 13.0. The molecule has 25 heavy (non-hydrogen) atoms. The Labute approximate surface area is 149 Å². The molecule has 2 rings (SSSR count). The second-order valence-corrected chi connectivity index (χ2v) is 13.2. The molecule has 1 aromatic carbocycles. The van der Waals surface area contributed by atoms with Gasteiger partial charge in [-0.2, -0.15) is 0 Å². The number of rotatable bonds is 5. The van der Waals surface area contributed by atoms with Crippen molar-refractivity contribution in [3.63, 3.8) is 0 Å². The van der Waals surface area contributed by atoms with Crippen molar-refractivity contribution in [1.82, 2.24) is 4.57 Å². The topological polar surface area (TPSA) is 61.4 Å². The fraction of sp³-hybridized carbons (Fsp3) is 0.579. The molecule has 0 amide bonds. The van der Waals surface area contributed by atoms with Crippen molar-refractivity contribution in [3.05, 3.63) is 39.1 Å². The zero-order valence-corrected chi connectivity index (χ0v) is 17.3. The van der Waals surface area contributed by atoms with Gasteiger partial charge in [0, 0.05) is 6.54 Å². The van der Waals surface area contributed by atoms with E-state index in [4.69, 9.17) is 8.84 Å². The molecule has 0 aliphatic carbocycles. The predicted octanol–water partition coefficient (Wildman–Crippen LogP) is 4.38. The van der Waals surface area contributed by atoms with E-state index in [0.29, 0.717) is 23.6 Å². The van der Waals surface area contributed by atoms with Crippen molar-refractivity contribution < 1.29 is 8.84 Å². The molecule has 138 valence electrons. The Balaban J connectivity index is 2.62. The first-order chi connectivity index (χ1) is 11.4. The fourth-order valence-electron chi connectivity index (χ4n) is 2.27. The van der Waals surface area contributed by atoms with Gasteiger partial charge in [0.25, 0.3) is 13.9 Å². The fourth-order valence-corrected chi connectivity index (χ4v) is 3.29. The van der Waals surface area contributed by atoms with E-state index in [-0.39, 0.29) is 16.2 Å². The lowest BCUT2D eigenvalue weighted by Gasteiger charge is -2.36. The van der Waals surface area contributed by atoms with E-state index in [1.807, 2.05) is 0 Å². The third-order valence-electron chi connectivity index (χ3n) is 4.97. The Morgan fingerprint density at radius 1 is 1.20 bits per heavy atom. The molecule has 0 radical (unpaired) electrons. The highest BCUT2D eigenvalue weighted by atomic mass is 28.4. The van der Waals surface area contributed by atoms with Crippen LogP contribution in [0.5, 0.6) is 5.75 Å². The molecule has 0 aliphatic rings. The number of fused-ring (bicyclic) bond motifs is 1. The summed E-state index contributed by atoms with van der Waals surface area (Å²) in [6.45, 7) is 15.1. The van der Waals surface area contributed by atoms with Gasteiger partial charge in [0.2, 0.25) is 0 Å². The van der Waals surface area contributed by atoms with Crippen molar-refractivity contribution in [2.24, 2.45) is 5.92 Å². The van der Waals surface area contributed by atoms with Crippen LogP contribution in [0.2, 0.25) is 18.1 Å². The summed E-state index contributed by atoms with van der Waals surface area (Å²) in [5, 5.41) is 0.359. The van der Waals surface area contributed by atoms with Crippen molar-refractivity contribution in [3.8, 4) is 5.75 Å². The molecule has 1 heterocycles. The van der Waals surface area contributed by atoms with E-state index in [9.17, 15) is 9.59 Å². The van der Waals surface area contributed by atoms with Crippen LogP contribution < -0.4 is 15.7 Å². The van der Waals surface area contributed by atoms with E-state index >= 15 is 0 Å². The zero-order chi connectivity index (χ0) is 19.0. The van der Waals surface area contributed by atoms with Gasteiger partial charge in [-0.05, 0) is 42.6 Å². The lowest BCUT2D eigenvalue weighted by molar-refractivity contribution is 0.421. The van der Waals surface area contributed by atoms with Crippen LogP contribution in [0.15, 0.2) is 32.2 Å². The first kappa shape index (κ1) is 19.5. The number of nitrogens with zero attached hydrogens (tertiary/aromatic N) is 1. The summed E-state index contributed by atoms with van der Waals surface area (Å²) < 4.78 is 12.9. The molecule has 0 N–H and O–H groups in total. The third kappa shape index (κ3) is 4.06. The molecule has 6 heteroatoms. The molecule has 0 spiro atoms. The summed E-state index contributed by atoms with van der Waals surface area (Å²) in [5.41, 5.74) is -0.0479. The van der Waals surface area contributed by atoms with Gasteiger partial charge >= 0.3 is 5.76 Å². The summed E-state index contributed by atoms with van der Waals surface area (Å²) in [5.74, 6) is 0.291. The lowest BCUT2D eigenvalue weighted by Crippen LogP contribution is -2.44. The highest BCUT2D eigenvalue weighted by molar-refractivity contribution is 6.74. The Bertz CT molecular complexity index is 872. The summed E-state index contributed by atoms with van der Waals surface area (Å²) in [6, 6.07) is 5.19. The molecule has 1 aromatic heterocycles. The highest BCUT2D eigenvalue weighted by Gasteiger charge is 2.39. The molecule has 2 aromatic rings. The summed E-state index contributed by atoms with van der Waals surface area (Å²) in [4.78, 5) is 25.1. The second kappa shape index (κ2) is 6.82. The van der Waals surface area contributed by atoms with Crippen LogP contribution in [0.3, 0.4) is 0 Å². The monoisotopic (exact) mass is 363 g/mol. The minimum absolute atomic E-state index is 0.00143. The Hall–Kier alpha value is -1.82. The molecular formula is C19H29NO4Si. The minimum atomic E-state index is -2.12. The largest absolute Gasteiger partial charge is 0.543 e. The van der Waals surface area contributed by atoms with Crippen LogP contribution in [-0.2, 0) is 6.54 Å². The van der Waals surface area contributed by atoms with Gasteiger partial charge in [0.15, 0.2) is 0 Å². The molecule has 0 aliphatic heterocycles. The van der Waals surface area contributed by atoms with Crippen molar-refractivity contribution in [2.45, 2.75) is 65.7 Å². The number of benzene rings is 1. The van der Waals surface area contributed by atoms with Gasteiger partial charge in [-0.3, -0.25) is 4.79 Å². The van der Waals surface area contributed by atoms with E-state index in [1.54, 1.807) is 18.2 Å².